The first kappa shape index (κ1) is 23.0. The lowest BCUT2D eigenvalue weighted by atomic mass is 10.1. The number of carbonyl (C=O) groups excluding carboxylic acids is 1. The van der Waals surface area contributed by atoms with E-state index in [9.17, 15) is 19.6 Å². The Labute approximate surface area is 165 Å². The second kappa shape index (κ2) is 9.49. The second-order valence-corrected chi connectivity index (χ2v) is 9.39. The molecule has 2 rings (SSSR count). The molecule has 160 valence electrons. The third-order valence-corrected chi connectivity index (χ3v) is 6.37. The Morgan fingerprint density at radius 2 is 1.93 bits per heavy atom. The zero-order chi connectivity index (χ0) is 21.1. The summed E-state index contributed by atoms with van der Waals surface area (Å²) in [5.74, 6) is -0.567. The summed E-state index contributed by atoms with van der Waals surface area (Å²) in [6.45, 7) is 7.15. The molecule has 0 aromatic heterocycles. The molecule has 2 aliphatic heterocycles. The van der Waals surface area contributed by atoms with Crippen molar-refractivity contribution < 1.29 is 28.8 Å². The van der Waals surface area contributed by atoms with Crippen LogP contribution in [0.2, 0.25) is 0 Å². The van der Waals surface area contributed by atoms with Crippen LogP contribution in [0, 0.1) is 0 Å². The topological polar surface area (TPSA) is 146 Å². The molecule has 2 heterocycles. The quantitative estimate of drug-likeness (QED) is 0.330. The smallest absolute Gasteiger partial charge is 0.341 e. The van der Waals surface area contributed by atoms with Crippen LogP contribution in [-0.4, -0.2) is 64.3 Å². The van der Waals surface area contributed by atoms with Crippen molar-refractivity contribution in [2.24, 2.45) is 5.73 Å². The number of amides is 1. The highest BCUT2D eigenvalue weighted by atomic mass is 31.2. The number of ether oxygens (including phenoxy) is 1. The van der Waals surface area contributed by atoms with Gasteiger partial charge in [0.2, 0.25) is 5.91 Å². The number of nitrogens with zero attached hydrogens (tertiary/aromatic N) is 1. The van der Waals surface area contributed by atoms with Crippen LogP contribution in [0.25, 0.3) is 0 Å². The van der Waals surface area contributed by atoms with Crippen molar-refractivity contribution in [1.82, 2.24) is 15.1 Å². The van der Waals surface area contributed by atoms with Gasteiger partial charge in [0.1, 0.15) is 18.3 Å². The van der Waals surface area contributed by atoms with E-state index in [-0.39, 0.29) is 18.7 Å². The van der Waals surface area contributed by atoms with Gasteiger partial charge in [-0.25, -0.2) is 10.2 Å². The molecule has 6 N–H and O–H groups in total. The molecule has 2 aliphatic rings. The molecule has 0 radical (unpaired) electrons. The second-order valence-electron chi connectivity index (χ2n) is 7.52. The summed E-state index contributed by atoms with van der Waals surface area (Å²) >= 11 is 0. The van der Waals surface area contributed by atoms with Crippen LogP contribution >= 0.6 is 7.67 Å². The van der Waals surface area contributed by atoms with E-state index in [4.69, 9.17) is 15.0 Å². The fourth-order valence-electron chi connectivity index (χ4n) is 2.98. The predicted octanol–water partition coefficient (Wildman–Crippen LogP) is 0.142. The minimum absolute atomic E-state index is 0.0966. The van der Waals surface area contributed by atoms with E-state index in [2.05, 4.69) is 10.2 Å². The molecule has 0 aromatic carbocycles. The van der Waals surface area contributed by atoms with Gasteiger partial charge in [-0.3, -0.25) is 9.36 Å². The van der Waals surface area contributed by atoms with E-state index >= 15 is 0 Å². The summed E-state index contributed by atoms with van der Waals surface area (Å²) in [5.41, 5.74) is 5.67. The van der Waals surface area contributed by atoms with Gasteiger partial charge >= 0.3 is 7.67 Å². The van der Waals surface area contributed by atoms with E-state index in [1.165, 1.54) is 11.1 Å². The number of aliphatic hydroxyl groups is 2. The van der Waals surface area contributed by atoms with Crippen LogP contribution in [0.3, 0.4) is 0 Å². The van der Waals surface area contributed by atoms with Crippen LogP contribution in [0.15, 0.2) is 24.0 Å². The number of carbonyl (C=O) groups is 1. The minimum Gasteiger partial charge on any atom is -0.387 e. The average molecular weight is 418 g/mol. The SMILES string of the molecule is CC(C)NP(=O)(NC(C)C)OC[C@H]1O[C@@H](N2C=CCC(C(N)=O)=C2)[C@H](O)[C@@H]1O. The van der Waals surface area contributed by atoms with E-state index in [0.29, 0.717) is 12.0 Å². The molecule has 10 nitrogen and oxygen atoms in total. The number of nitrogens with one attached hydrogen (secondary N) is 2. The third-order valence-electron chi connectivity index (χ3n) is 4.14. The zero-order valence-electron chi connectivity index (χ0n) is 16.6. The Balaban J connectivity index is 2.05. The number of nitrogens with two attached hydrogens (primary N) is 1. The third kappa shape index (κ3) is 5.87. The van der Waals surface area contributed by atoms with E-state index < -0.39 is 38.1 Å². The number of aliphatic hydroxyl groups excluding tert-OH is 2. The first-order chi connectivity index (χ1) is 13.0. The number of primary amides is 1. The summed E-state index contributed by atoms with van der Waals surface area (Å²) < 4.78 is 24.2. The first-order valence-corrected chi connectivity index (χ1v) is 10.9. The summed E-state index contributed by atoms with van der Waals surface area (Å²) in [7, 11) is -3.38. The van der Waals surface area contributed by atoms with Crippen LogP contribution in [-0.2, 0) is 18.6 Å². The zero-order valence-corrected chi connectivity index (χ0v) is 17.5. The molecule has 0 aliphatic carbocycles. The molecule has 1 saturated heterocycles. The van der Waals surface area contributed by atoms with Crippen molar-refractivity contribution in [3.05, 3.63) is 24.0 Å². The summed E-state index contributed by atoms with van der Waals surface area (Å²) in [6.07, 6.45) is 0.880. The van der Waals surface area contributed by atoms with Crippen molar-refractivity contribution in [2.45, 2.75) is 70.7 Å². The van der Waals surface area contributed by atoms with Gasteiger partial charge < -0.3 is 30.1 Å². The molecule has 0 bridgehead atoms. The molecule has 0 saturated carbocycles. The number of allylic oxidation sites excluding steroid dienone is 1. The molecule has 28 heavy (non-hydrogen) atoms. The van der Waals surface area contributed by atoms with Gasteiger partial charge in [-0.05, 0) is 34.1 Å². The highest BCUT2D eigenvalue weighted by Gasteiger charge is 2.46. The summed E-state index contributed by atoms with van der Waals surface area (Å²) in [6, 6.07) is -0.193. The lowest BCUT2D eigenvalue weighted by molar-refractivity contribution is -0.114. The molecule has 1 fully saturated rings. The van der Waals surface area contributed by atoms with Gasteiger partial charge in [-0.2, -0.15) is 0 Å². The molecule has 0 spiro atoms. The van der Waals surface area contributed by atoms with Crippen LogP contribution < -0.4 is 15.9 Å². The van der Waals surface area contributed by atoms with Gasteiger partial charge in [0.05, 0.1) is 6.61 Å². The number of hydrogen-bond donors (Lipinski definition) is 5. The van der Waals surface area contributed by atoms with Gasteiger partial charge in [0, 0.05) is 30.1 Å². The van der Waals surface area contributed by atoms with Crippen molar-refractivity contribution in [3.8, 4) is 0 Å². The molecular weight excluding hydrogens is 387 g/mol. The van der Waals surface area contributed by atoms with Gasteiger partial charge in [0.15, 0.2) is 6.23 Å². The number of rotatable bonds is 9. The Hall–Kier alpha value is -1.26. The predicted molar refractivity (Wildman–Crippen MR) is 104 cm³/mol. The standard InChI is InChI=1S/C17H31N4O6P/c1-10(2)19-28(25,20-11(3)4)26-9-13-14(22)15(23)17(27-13)21-7-5-6-12(8-21)16(18)24/h5,7-8,10-11,13-15,17,22-23H,6,9H2,1-4H3,(H2,18,24)(H2,19,20,25)/t13-,14-,15-,17-/m1/s1. The van der Waals surface area contributed by atoms with Crippen molar-refractivity contribution in [2.75, 3.05) is 6.61 Å². The van der Waals surface area contributed by atoms with E-state index in [0.717, 1.165) is 0 Å². The Morgan fingerprint density at radius 3 is 2.46 bits per heavy atom. The maximum Gasteiger partial charge on any atom is 0.341 e. The number of hydrogen-bond acceptors (Lipinski definition) is 7. The highest BCUT2D eigenvalue weighted by Crippen LogP contribution is 2.40. The monoisotopic (exact) mass is 418 g/mol. The summed E-state index contributed by atoms with van der Waals surface area (Å²) in [4.78, 5) is 12.9. The van der Waals surface area contributed by atoms with Gasteiger partial charge in [-0.15, -0.1) is 0 Å². The van der Waals surface area contributed by atoms with E-state index in [1.807, 2.05) is 27.7 Å². The molecule has 4 atom stereocenters. The van der Waals surface area contributed by atoms with Crippen LogP contribution in [0.5, 0.6) is 0 Å². The van der Waals surface area contributed by atoms with E-state index in [1.54, 1.807) is 12.3 Å². The first-order valence-electron chi connectivity index (χ1n) is 9.29. The van der Waals surface area contributed by atoms with Crippen molar-refractivity contribution in [3.63, 3.8) is 0 Å². The fourth-order valence-corrected chi connectivity index (χ4v) is 4.92. The highest BCUT2D eigenvalue weighted by molar-refractivity contribution is 7.54. The maximum absolute atomic E-state index is 13.0. The van der Waals surface area contributed by atoms with Crippen LogP contribution in [0.1, 0.15) is 34.1 Å². The minimum atomic E-state index is -3.38. The Bertz CT molecular complexity index is 654. The Kier molecular flexibility index (Phi) is 7.81. The van der Waals surface area contributed by atoms with Crippen LogP contribution in [0.4, 0.5) is 0 Å². The normalized spacial score (nSPS) is 28.3. The van der Waals surface area contributed by atoms with Gasteiger partial charge in [-0.1, -0.05) is 6.08 Å². The lowest BCUT2D eigenvalue weighted by Gasteiger charge is -2.29. The lowest BCUT2D eigenvalue weighted by Crippen LogP contribution is -2.40. The largest absolute Gasteiger partial charge is 0.387 e. The molecule has 0 aromatic rings. The molecular formula is C17H31N4O6P. The van der Waals surface area contributed by atoms with Gasteiger partial charge in [0.25, 0.3) is 0 Å². The Morgan fingerprint density at radius 1 is 1.32 bits per heavy atom. The molecule has 11 heteroatoms. The molecule has 1 amide bonds. The fraction of sp³-hybridized carbons (Fsp3) is 0.706. The van der Waals surface area contributed by atoms with Crippen molar-refractivity contribution >= 4 is 13.6 Å². The maximum atomic E-state index is 13.0. The summed E-state index contributed by atoms with van der Waals surface area (Å²) in [5, 5.41) is 26.5. The molecule has 0 unspecified atom stereocenters. The average Bonchev–Trinajstić information content (AvgIpc) is 2.87. The van der Waals surface area contributed by atoms with Crippen molar-refractivity contribution in [1.29, 1.82) is 0 Å².